The zero-order chi connectivity index (χ0) is 20.3. The summed E-state index contributed by atoms with van der Waals surface area (Å²) in [5.74, 6) is -2.06. The number of aryl methyl sites for hydroxylation is 1. The van der Waals surface area contributed by atoms with Crippen molar-refractivity contribution in [3.8, 4) is 0 Å². The Balaban J connectivity index is 1.47. The maximum absolute atomic E-state index is 12.3. The van der Waals surface area contributed by atoms with Gasteiger partial charge in [-0.05, 0) is 43.3 Å². The van der Waals surface area contributed by atoms with E-state index < -0.39 is 30.3 Å². The summed E-state index contributed by atoms with van der Waals surface area (Å²) in [4.78, 5) is 49.3. The molecular formula is C20H17ClN2O5. The Hall–Kier alpha value is -3.19. The van der Waals surface area contributed by atoms with Crippen LogP contribution in [0.15, 0.2) is 42.5 Å². The van der Waals surface area contributed by atoms with Crippen molar-refractivity contribution in [1.82, 2.24) is 4.90 Å². The van der Waals surface area contributed by atoms with E-state index in [9.17, 15) is 19.2 Å². The van der Waals surface area contributed by atoms with Gasteiger partial charge in [0.25, 0.3) is 17.7 Å². The number of hydrogen-bond acceptors (Lipinski definition) is 5. The van der Waals surface area contributed by atoms with Crippen LogP contribution in [0.1, 0.15) is 32.7 Å². The van der Waals surface area contributed by atoms with Gasteiger partial charge in [0.1, 0.15) is 0 Å². The van der Waals surface area contributed by atoms with E-state index in [0.717, 1.165) is 10.5 Å². The van der Waals surface area contributed by atoms with Crippen LogP contribution >= 0.6 is 11.6 Å². The number of benzene rings is 2. The van der Waals surface area contributed by atoms with Crippen LogP contribution in [0.4, 0.5) is 5.69 Å². The molecule has 3 amide bonds. The Morgan fingerprint density at radius 3 is 2.43 bits per heavy atom. The molecule has 0 aliphatic carbocycles. The highest BCUT2D eigenvalue weighted by Gasteiger charge is 2.35. The number of nitrogens with one attached hydrogen (secondary N) is 1. The summed E-state index contributed by atoms with van der Waals surface area (Å²) in [5, 5.41) is 3.09. The first-order valence-corrected chi connectivity index (χ1v) is 8.91. The van der Waals surface area contributed by atoms with Gasteiger partial charge in [0.05, 0.1) is 17.5 Å². The zero-order valence-electron chi connectivity index (χ0n) is 15.0. The van der Waals surface area contributed by atoms with Crippen LogP contribution in [0.2, 0.25) is 5.02 Å². The predicted molar refractivity (Wildman–Crippen MR) is 102 cm³/mol. The van der Waals surface area contributed by atoms with Crippen LogP contribution in [0.5, 0.6) is 0 Å². The second-order valence-corrected chi connectivity index (χ2v) is 6.71. The number of ether oxygens (including phenoxy) is 1. The van der Waals surface area contributed by atoms with Crippen molar-refractivity contribution in [3.63, 3.8) is 0 Å². The van der Waals surface area contributed by atoms with Gasteiger partial charge in [-0.1, -0.05) is 23.2 Å². The Morgan fingerprint density at radius 1 is 1.04 bits per heavy atom. The molecule has 0 bridgehead atoms. The maximum Gasteiger partial charge on any atom is 0.308 e. The summed E-state index contributed by atoms with van der Waals surface area (Å²) in [6.07, 6.45) is -0.196. The Kier molecular flexibility index (Phi) is 5.75. The fraction of sp³-hybridized carbons (Fsp3) is 0.200. The van der Waals surface area contributed by atoms with Crippen molar-refractivity contribution in [3.05, 3.63) is 64.2 Å². The first-order valence-electron chi connectivity index (χ1n) is 8.53. The third kappa shape index (κ3) is 4.37. The van der Waals surface area contributed by atoms with E-state index >= 15 is 0 Å². The molecule has 0 fully saturated rings. The van der Waals surface area contributed by atoms with Gasteiger partial charge in [-0.15, -0.1) is 0 Å². The van der Waals surface area contributed by atoms with Gasteiger partial charge in [0.2, 0.25) is 0 Å². The van der Waals surface area contributed by atoms with Crippen LogP contribution in [0, 0.1) is 6.92 Å². The molecule has 8 heteroatoms. The lowest BCUT2D eigenvalue weighted by Crippen LogP contribution is -2.32. The number of rotatable bonds is 6. The summed E-state index contributed by atoms with van der Waals surface area (Å²) < 4.78 is 4.90. The lowest BCUT2D eigenvalue weighted by Gasteiger charge is -2.13. The number of nitrogens with zero attached hydrogens (tertiary/aromatic N) is 1. The highest BCUT2D eigenvalue weighted by Crippen LogP contribution is 2.24. The molecule has 7 nitrogen and oxygen atoms in total. The zero-order valence-corrected chi connectivity index (χ0v) is 15.8. The Bertz CT molecular complexity index is 956. The quantitative estimate of drug-likeness (QED) is 0.594. The minimum atomic E-state index is -0.681. The van der Waals surface area contributed by atoms with Crippen molar-refractivity contribution in [2.75, 3.05) is 18.5 Å². The number of hydrogen-bond donors (Lipinski definition) is 1. The number of anilines is 1. The largest absolute Gasteiger partial charge is 0.456 e. The van der Waals surface area contributed by atoms with Crippen molar-refractivity contribution in [2.45, 2.75) is 13.3 Å². The highest BCUT2D eigenvalue weighted by atomic mass is 35.5. The average Bonchev–Trinajstić information content (AvgIpc) is 2.90. The molecule has 0 unspecified atom stereocenters. The molecule has 1 N–H and O–H groups in total. The van der Waals surface area contributed by atoms with Gasteiger partial charge < -0.3 is 10.1 Å². The minimum absolute atomic E-state index is 0.108. The Labute approximate surface area is 166 Å². The second-order valence-electron chi connectivity index (χ2n) is 6.28. The molecular weight excluding hydrogens is 384 g/mol. The van der Waals surface area contributed by atoms with Gasteiger partial charge in [-0.3, -0.25) is 24.1 Å². The van der Waals surface area contributed by atoms with Gasteiger partial charge in [-0.25, -0.2) is 0 Å². The smallest absolute Gasteiger partial charge is 0.308 e. The van der Waals surface area contributed by atoms with Crippen LogP contribution in [0.3, 0.4) is 0 Å². The number of amides is 3. The van der Waals surface area contributed by atoms with Gasteiger partial charge in [0, 0.05) is 17.3 Å². The van der Waals surface area contributed by atoms with E-state index in [-0.39, 0.29) is 13.0 Å². The molecule has 2 aromatic carbocycles. The van der Waals surface area contributed by atoms with Crippen LogP contribution in [-0.2, 0) is 14.3 Å². The molecule has 0 radical (unpaired) electrons. The van der Waals surface area contributed by atoms with E-state index in [1.54, 1.807) is 42.5 Å². The molecule has 144 valence electrons. The molecule has 0 aromatic heterocycles. The highest BCUT2D eigenvalue weighted by molar-refractivity contribution is 6.30. The van der Waals surface area contributed by atoms with Crippen LogP contribution in [0.25, 0.3) is 0 Å². The molecule has 2 aromatic rings. The molecule has 0 saturated heterocycles. The molecule has 1 aliphatic heterocycles. The molecule has 0 spiro atoms. The number of esters is 1. The molecule has 28 heavy (non-hydrogen) atoms. The van der Waals surface area contributed by atoms with E-state index in [2.05, 4.69) is 5.32 Å². The fourth-order valence-electron chi connectivity index (χ4n) is 2.76. The molecule has 1 heterocycles. The number of fused-ring (bicyclic) bond motifs is 1. The van der Waals surface area contributed by atoms with Gasteiger partial charge in [-0.2, -0.15) is 0 Å². The van der Waals surface area contributed by atoms with E-state index in [1.165, 1.54) is 0 Å². The van der Waals surface area contributed by atoms with E-state index in [0.29, 0.717) is 21.8 Å². The minimum Gasteiger partial charge on any atom is -0.456 e. The standard InChI is InChI=1S/C20H17ClN2O5/c1-12-2-7-15-16(10-12)20(27)23(19(15)26)9-8-18(25)28-11-17(24)22-14-5-3-13(21)4-6-14/h2-7,10H,8-9,11H2,1H3,(H,22,24). The molecule has 0 saturated carbocycles. The summed E-state index contributed by atoms with van der Waals surface area (Å²) >= 11 is 5.76. The summed E-state index contributed by atoms with van der Waals surface area (Å²) in [7, 11) is 0. The number of carbonyl (C=O) groups is 4. The van der Waals surface area contributed by atoms with Crippen molar-refractivity contribution < 1.29 is 23.9 Å². The number of halogens is 1. The first kappa shape index (κ1) is 19.6. The van der Waals surface area contributed by atoms with Gasteiger partial charge >= 0.3 is 5.97 Å². The lowest BCUT2D eigenvalue weighted by molar-refractivity contribution is -0.147. The third-order valence-corrected chi connectivity index (χ3v) is 4.41. The first-order chi connectivity index (χ1) is 13.3. The number of imide groups is 1. The van der Waals surface area contributed by atoms with E-state index in [4.69, 9.17) is 16.3 Å². The Morgan fingerprint density at radius 2 is 1.71 bits per heavy atom. The van der Waals surface area contributed by atoms with E-state index in [1.807, 2.05) is 6.92 Å². The maximum atomic E-state index is 12.3. The normalized spacial score (nSPS) is 12.7. The predicted octanol–water partition coefficient (Wildman–Crippen LogP) is 2.82. The van der Waals surface area contributed by atoms with Gasteiger partial charge in [0.15, 0.2) is 6.61 Å². The van der Waals surface area contributed by atoms with Crippen LogP contribution < -0.4 is 5.32 Å². The van der Waals surface area contributed by atoms with Crippen LogP contribution in [-0.4, -0.2) is 41.7 Å². The summed E-state index contributed by atoms with van der Waals surface area (Å²) in [5.41, 5.74) is 2.05. The average molecular weight is 401 g/mol. The van der Waals surface area contributed by atoms with Crippen molar-refractivity contribution in [2.24, 2.45) is 0 Å². The molecule has 0 atom stereocenters. The summed E-state index contributed by atoms with van der Waals surface area (Å²) in [6.45, 7) is 1.25. The van der Waals surface area contributed by atoms with Crippen molar-refractivity contribution >= 4 is 41.0 Å². The fourth-order valence-corrected chi connectivity index (χ4v) is 2.89. The second kappa shape index (κ2) is 8.22. The monoisotopic (exact) mass is 400 g/mol. The van der Waals surface area contributed by atoms with Crippen molar-refractivity contribution in [1.29, 1.82) is 0 Å². The molecule has 3 rings (SSSR count). The third-order valence-electron chi connectivity index (χ3n) is 4.16. The topological polar surface area (TPSA) is 92.8 Å². The molecule has 1 aliphatic rings. The summed E-state index contributed by atoms with van der Waals surface area (Å²) in [6, 6.07) is 11.5. The lowest BCUT2D eigenvalue weighted by atomic mass is 10.1. The SMILES string of the molecule is Cc1ccc2c(c1)C(=O)N(CCC(=O)OCC(=O)Nc1ccc(Cl)cc1)C2=O. The number of carbonyl (C=O) groups excluding carboxylic acids is 4.